The number of ether oxygens (including phenoxy) is 3. The SMILES string of the molecule is O=C(NC(CCCCOC1CCCCO1)C(=O)O)OCC1c2ccccc2-c2ccccc21. The van der Waals surface area contributed by atoms with Crippen molar-refractivity contribution in [3.63, 3.8) is 0 Å². The fraction of sp³-hybridized carbons (Fsp3) is 0.462. The molecule has 0 spiro atoms. The van der Waals surface area contributed by atoms with Crippen molar-refractivity contribution in [2.45, 2.75) is 56.8 Å². The van der Waals surface area contributed by atoms with Gasteiger partial charge in [0.1, 0.15) is 12.6 Å². The van der Waals surface area contributed by atoms with Crippen LogP contribution in [0.4, 0.5) is 4.79 Å². The zero-order valence-corrected chi connectivity index (χ0v) is 18.7. The molecule has 2 aromatic rings. The highest BCUT2D eigenvalue weighted by Gasteiger charge is 2.29. The Balaban J connectivity index is 1.23. The Morgan fingerprint density at radius 1 is 1.03 bits per heavy atom. The van der Waals surface area contributed by atoms with Gasteiger partial charge in [-0.1, -0.05) is 48.5 Å². The predicted molar refractivity (Wildman–Crippen MR) is 123 cm³/mol. The van der Waals surface area contributed by atoms with Crippen molar-refractivity contribution in [3.8, 4) is 11.1 Å². The molecular formula is C26H31NO6. The third kappa shape index (κ3) is 5.92. The number of aliphatic carboxylic acids is 1. The highest BCUT2D eigenvalue weighted by atomic mass is 16.7. The largest absolute Gasteiger partial charge is 0.480 e. The van der Waals surface area contributed by atoms with E-state index in [1.54, 1.807) is 0 Å². The Bertz CT molecular complexity index is 910. The number of carboxylic acid groups (broad SMARTS) is 1. The van der Waals surface area contributed by atoms with E-state index >= 15 is 0 Å². The summed E-state index contributed by atoms with van der Waals surface area (Å²) in [4.78, 5) is 24.0. The van der Waals surface area contributed by atoms with E-state index in [0.29, 0.717) is 25.9 Å². The first-order chi connectivity index (χ1) is 16.1. The molecule has 1 saturated heterocycles. The number of rotatable bonds is 10. The van der Waals surface area contributed by atoms with E-state index in [0.717, 1.165) is 48.1 Å². The van der Waals surface area contributed by atoms with Gasteiger partial charge in [0.15, 0.2) is 6.29 Å². The molecule has 2 N–H and O–H groups in total. The summed E-state index contributed by atoms with van der Waals surface area (Å²) >= 11 is 0. The molecule has 1 aliphatic carbocycles. The van der Waals surface area contributed by atoms with Crippen LogP contribution in [0.5, 0.6) is 0 Å². The maximum Gasteiger partial charge on any atom is 0.407 e. The van der Waals surface area contributed by atoms with Crippen molar-refractivity contribution in [1.82, 2.24) is 5.32 Å². The van der Waals surface area contributed by atoms with Crippen molar-refractivity contribution in [3.05, 3.63) is 59.7 Å². The molecular weight excluding hydrogens is 422 g/mol. The molecule has 2 aromatic carbocycles. The van der Waals surface area contributed by atoms with Gasteiger partial charge in [0.25, 0.3) is 0 Å². The topological polar surface area (TPSA) is 94.1 Å². The Morgan fingerprint density at radius 3 is 2.36 bits per heavy atom. The monoisotopic (exact) mass is 453 g/mol. The summed E-state index contributed by atoms with van der Waals surface area (Å²) in [5.41, 5.74) is 4.52. The summed E-state index contributed by atoms with van der Waals surface area (Å²) in [6.07, 6.45) is 3.86. The molecule has 0 saturated carbocycles. The quantitative estimate of drug-likeness (QED) is 0.507. The second-order valence-electron chi connectivity index (χ2n) is 8.52. The maximum absolute atomic E-state index is 12.4. The Morgan fingerprint density at radius 2 is 1.73 bits per heavy atom. The lowest BCUT2D eigenvalue weighted by atomic mass is 9.98. The zero-order valence-electron chi connectivity index (χ0n) is 18.7. The highest BCUT2D eigenvalue weighted by molar-refractivity contribution is 5.81. The van der Waals surface area contributed by atoms with Crippen LogP contribution in [0, 0.1) is 0 Å². The Kier molecular flexibility index (Phi) is 7.96. The normalized spacial score (nSPS) is 18.2. The molecule has 7 nitrogen and oxygen atoms in total. The van der Waals surface area contributed by atoms with E-state index in [4.69, 9.17) is 14.2 Å². The molecule has 1 heterocycles. The number of nitrogens with one attached hydrogen (secondary N) is 1. The first-order valence-electron chi connectivity index (χ1n) is 11.7. The lowest BCUT2D eigenvalue weighted by Gasteiger charge is -2.22. The summed E-state index contributed by atoms with van der Waals surface area (Å²) in [5, 5.41) is 12.0. The lowest BCUT2D eigenvalue weighted by Crippen LogP contribution is -2.41. The summed E-state index contributed by atoms with van der Waals surface area (Å²) in [6, 6.07) is 15.2. The van der Waals surface area contributed by atoms with Crippen LogP contribution in [0.1, 0.15) is 55.6 Å². The minimum atomic E-state index is -1.07. The molecule has 0 bridgehead atoms. The van der Waals surface area contributed by atoms with Crippen molar-refractivity contribution < 1.29 is 28.9 Å². The number of hydrogen-bond acceptors (Lipinski definition) is 5. The predicted octanol–water partition coefficient (Wildman–Crippen LogP) is 4.69. The smallest absolute Gasteiger partial charge is 0.407 e. The number of carbonyl (C=O) groups is 2. The van der Waals surface area contributed by atoms with Gasteiger partial charge < -0.3 is 24.6 Å². The summed E-state index contributed by atoms with van der Waals surface area (Å²) < 4.78 is 16.7. The molecule has 2 atom stereocenters. The second kappa shape index (κ2) is 11.3. The van der Waals surface area contributed by atoms with Crippen LogP contribution < -0.4 is 5.32 Å². The molecule has 0 radical (unpaired) electrons. The van der Waals surface area contributed by atoms with Gasteiger partial charge in [0.05, 0.1) is 0 Å². The molecule has 176 valence electrons. The fourth-order valence-electron chi connectivity index (χ4n) is 4.55. The molecule has 2 unspecified atom stereocenters. The van der Waals surface area contributed by atoms with E-state index < -0.39 is 18.1 Å². The number of alkyl carbamates (subject to hydrolysis) is 1. The molecule has 1 aliphatic heterocycles. The van der Waals surface area contributed by atoms with E-state index in [1.807, 2.05) is 36.4 Å². The minimum absolute atomic E-state index is 0.0643. The van der Waals surface area contributed by atoms with Crippen molar-refractivity contribution in [2.75, 3.05) is 19.8 Å². The third-order valence-electron chi connectivity index (χ3n) is 6.26. The van der Waals surface area contributed by atoms with E-state index in [1.165, 1.54) is 0 Å². The van der Waals surface area contributed by atoms with Crippen LogP contribution in [-0.4, -0.2) is 49.3 Å². The number of hydrogen-bond donors (Lipinski definition) is 2. The molecule has 1 fully saturated rings. The average Bonchev–Trinajstić information content (AvgIpc) is 3.16. The molecule has 0 aromatic heterocycles. The molecule has 1 amide bonds. The maximum atomic E-state index is 12.4. The average molecular weight is 454 g/mol. The van der Waals surface area contributed by atoms with Crippen molar-refractivity contribution in [1.29, 1.82) is 0 Å². The van der Waals surface area contributed by atoms with Gasteiger partial charge in [-0.25, -0.2) is 9.59 Å². The lowest BCUT2D eigenvalue weighted by molar-refractivity contribution is -0.163. The minimum Gasteiger partial charge on any atom is -0.480 e. The second-order valence-corrected chi connectivity index (χ2v) is 8.52. The zero-order chi connectivity index (χ0) is 23.0. The van der Waals surface area contributed by atoms with Crippen LogP contribution in [0.25, 0.3) is 11.1 Å². The van der Waals surface area contributed by atoms with Gasteiger partial charge in [-0.15, -0.1) is 0 Å². The summed E-state index contributed by atoms with van der Waals surface area (Å²) in [7, 11) is 0. The van der Waals surface area contributed by atoms with Gasteiger partial charge in [-0.05, 0) is 60.8 Å². The van der Waals surface area contributed by atoms with Crippen LogP contribution in [-0.2, 0) is 19.0 Å². The number of benzene rings is 2. The van der Waals surface area contributed by atoms with Crippen LogP contribution in [0.15, 0.2) is 48.5 Å². The first kappa shape index (κ1) is 23.3. The van der Waals surface area contributed by atoms with Crippen LogP contribution in [0.2, 0.25) is 0 Å². The summed E-state index contributed by atoms with van der Waals surface area (Å²) in [6.45, 7) is 1.40. The number of unbranched alkanes of at least 4 members (excludes halogenated alkanes) is 1. The molecule has 2 aliphatic rings. The van der Waals surface area contributed by atoms with Gasteiger partial charge in [-0.3, -0.25) is 0 Å². The molecule has 7 heteroatoms. The fourth-order valence-corrected chi connectivity index (χ4v) is 4.55. The van der Waals surface area contributed by atoms with Crippen molar-refractivity contribution >= 4 is 12.1 Å². The van der Waals surface area contributed by atoms with E-state index in [9.17, 15) is 14.7 Å². The Hall–Kier alpha value is -2.90. The first-order valence-corrected chi connectivity index (χ1v) is 11.7. The van der Waals surface area contributed by atoms with Crippen LogP contribution >= 0.6 is 0 Å². The van der Waals surface area contributed by atoms with Gasteiger partial charge >= 0.3 is 12.1 Å². The van der Waals surface area contributed by atoms with Crippen molar-refractivity contribution in [2.24, 2.45) is 0 Å². The number of carbonyl (C=O) groups excluding carboxylic acids is 1. The Labute approximate surface area is 194 Å². The van der Waals surface area contributed by atoms with Gasteiger partial charge in [0, 0.05) is 19.1 Å². The van der Waals surface area contributed by atoms with E-state index in [2.05, 4.69) is 17.4 Å². The third-order valence-corrected chi connectivity index (χ3v) is 6.26. The van der Waals surface area contributed by atoms with E-state index in [-0.39, 0.29) is 18.8 Å². The van der Waals surface area contributed by atoms with Gasteiger partial charge in [-0.2, -0.15) is 0 Å². The molecule has 33 heavy (non-hydrogen) atoms. The number of amides is 1. The highest BCUT2D eigenvalue weighted by Crippen LogP contribution is 2.44. The standard InChI is InChI=1S/C26H31NO6/c28-25(29)23(13-5-7-15-31-24-14-6-8-16-32-24)27-26(30)33-17-22-20-11-3-1-9-18(20)19-10-2-4-12-21(19)22/h1-4,9-12,22-24H,5-8,13-17H2,(H,27,30)(H,28,29). The summed E-state index contributed by atoms with van der Waals surface area (Å²) in [5.74, 6) is -1.13. The number of fused-ring (bicyclic) bond motifs is 3. The number of carboxylic acids is 1. The van der Waals surface area contributed by atoms with Crippen LogP contribution in [0.3, 0.4) is 0 Å². The van der Waals surface area contributed by atoms with Gasteiger partial charge in [0.2, 0.25) is 0 Å². The molecule has 4 rings (SSSR count).